The Hall–Kier alpha value is -3.03. The average molecular weight is 337 g/mol. The number of anilines is 2. The van der Waals surface area contributed by atoms with Crippen LogP contribution in [0.5, 0.6) is 0 Å². The number of piperidine rings is 1. The van der Waals surface area contributed by atoms with Gasteiger partial charge >= 0.3 is 0 Å². The van der Waals surface area contributed by atoms with Gasteiger partial charge in [0, 0.05) is 18.8 Å². The monoisotopic (exact) mass is 337 g/mol. The Morgan fingerprint density at radius 3 is 3.12 bits per heavy atom. The van der Waals surface area contributed by atoms with Gasteiger partial charge in [0.15, 0.2) is 11.5 Å². The maximum absolute atomic E-state index is 12.6. The van der Waals surface area contributed by atoms with Gasteiger partial charge in [0.05, 0.1) is 12.2 Å². The highest BCUT2D eigenvalue weighted by atomic mass is 16.2. The number of pyridine rings is 1. The lowest BCUT2D eigenvalue weighted by molar-refractivity contribution is -0.120. The zero-order chi connectivity index (χ0) is 17.2. The lowest BCUT2D eigenvalue weighted by Crippen LogP contribution is -2.41. The number of amides is 1. The minimum Gasteiger partial charge on any atom is -0.354 e. The summed E-state index contributed by atoms with van der Waals surface area (Å²) in [6, 6.07) is 5.60. The van der Waals surface area contributed by atoms with Crippen LogP contribution in [-0.4, -0.2) is 43.9 Å². The third-order valence-corrected chi connectivity index (χ3v) is 4.43. The molecule has 1 atom stereocenters. The van der Waals surface area contributed by atoms with E-state index in [-0.39, 0.29) is 11.8 Å². The maximum atomic E-state index is 12.6. The van der Waals surface area contributed by atoms with Crippen LogP contribution in [0.4, 0.5) is 11.6 Å². The normalized spacial score (nSPS) is 17.6. The molecule has 0 saturated carbocycles. The van der Waals surface area contributed by atoms with E-state index < -0.39 is 0 Å². The van der Waals surface area contributed by atoms with E-state index in [2.05, 4.69) is 35.1 Å². The smallest absolute Gasteiger partial charge is 0.230 e. The largest absolute Gasteiger partial charge is 0.354 e. The van der Waals surface area contributed by atoms with Crippen LogP contribution in [0.15, 0.2) is 30.9 Å². The zero-order valence-corrected chi connectivity index (χ0v) is 13.9. The summed E-state index contributed by atoms with van der Waals surface area (Å²) in [7, 11) is 0. The summed E-state index contributed by atoms with van der Waals surface area (Å²) >= 11 is 0. The van der Waals surface area contributed by atoms with Crippen LogP contribution in [0, 0.1) is 12.8 Å². The van der Waals surface area contributed by atoms with Crippen molar-refractivity contribution < 1.29 is 4.79 Å². The lowest BCUT2D eigenvalue weighted by atomic mass is 9.97. The number of aromatic amines is 1. The molecule has 1 saturated heterocycles. The number of carbonyl (C=O) groups is 1. The molecule has 0 radical (unpaired) electrons. The summed E-state index contributed by atoms with van der Waals surface area (Å²) in [6.07, 6.45) is 4.91. The predicted molar refractivity (Wildman–Crippen MR) is 94.2 cm³/mol. The van der Waals surface area contributed by atoms with Crippen molar-refractivity contribution in [3.05, 3.63) is 36.5 Å². The van der Waals surface area contributed by atoms with Gasteiger partial charge in [0.25, 0.3) is 0 Å². The molecule has 4 heterocycles. The van der Waals surface area contributed by atoms with E-state index in [0.717, 1.165) is 36.4 Å². The van der Waals surface area contributed by atoms with E-state index >= 15 is 0 Å². The third kappa shape index (κ3) is 3.15. The molecule has 4 rings (SSSR count). The number of nitrogens with one attached hydrogen (secondary N) is 2. The van der Waals surface area contributed by atoms with Crippen LogP contribution in [0.3, 0.4) is 0 Å². The molecular weight excluding hydrogens is 318 g/mol. The number of nitrogens with zero attached hydrogens (tertiary/aromatic N) is 5. The first-order chi connectivity index (χ1) is 12.2. The van der Waals surface area contributed by atoms with E-state index in [9.17, 15) is 4.79 Å². The Morgan fingerprint density at radius 2 is 2.24 bits per heavy atom. The van der Waals surface area contributed by atoms with Crippen molar-refractivity contribution >= 4 is 28.7 Å². The molecule has 1 amide bonds. The number of carbonyl (C=O) groups excluding carboxylic acids is 1. The maximum Gasteiger partial charge on any atom is 0.230 e. The van der Waals surface area contributed by atoms with Gasteiger partial charge in [0.1, 0.15) is 17.7 Å². The topological polar surface area (TPSA) is 99.7 Å². The molecule has 3 aromatic rings. The quantitative estimate of drug-likeness (QED) is 0.757. The highest BCUT2D eigenvalue weighted by Gasteiger charge is 2.28. The average Bonchev–Trinajstić information content (AvgIpc) is 3.10. The van der Waals surface area contributed by atoms with Crippen molar-refractivity contribution in [1.82, 2.24) is 24.9 Å². The highest BCUT2D eigenvalue weighted by molar-refractivity contribution is 5.92. The fraction of sp³-hybridized carbons (Fsp3) is 0.353. The van der Waals surface area contributed by atoms with Gasteiger partial charge < -0.3 is 15.2 Å². The molecule has 1 unspecified atom stereocenters. The van der Waals surface area contributed by atoms with E-state index in [1.807, 2.05) is 25.1 Å². The van der Waals surface area contributed by atoms with Crippen LogP contribution >= 0.6 is 0 Å². The van der Waals surface area contributed by atoms with Gasteiger partial charge in [-0.15, -0.1) is 0 Å². The van der Waals surface area contributed by atoms with Gasteiger partial charge in [-0.2, -0.15) is 0 Å². The standard InChI is InChI=1S/C17H19N7O/c1-11-4-2-6-13(22-11)23-17(25)12-5-3-7-24(8-12)16-14-15(19-9-18-14)20-10-21-16/h2,4,6,9-10,12H,3,5,7-8H2,1H3,(H,22,23,25)(H,18,19,20,21). The Bertz CT molecular complexity index is 907. The molecule has 0 bridgehead atoms. The molecule has 1 aliphatic rings. The Kier molecular flexibility index (Phi) is 4.01. The summed E-state index contributed by atoms with van der Waals surface area (Å²) in [5, 5.41) is 2.93. The highest BCUT2D eigenvalue weighted by Crippen LogP contribution is 2.26. The van der Waals surface area contributed by atoms with Gasteiger partial charge in [-0.25, -0.2) is 19.9 Å². The summed E-state index contributed by atoms with van der Waals surface area (Å²) < 4.78 is 0. The first kappa shape index (κ1) is 15.5. The number of aromatic nitrogens is 5. The molecule has 128 valence electrons. The first-order valence-electron chi connectivity index (χ1n) is 8.34. The molecule has 25 heavy (non-hydrogen) atoms. The number of H-pyrrole nitrogens is 1. The van der Waals surface area contributed by atoms with Crippen LogP contribution in [0.2, 0.25) is 0 Å². The number of hydrogen-bond donors (Lipinski definition) is 2. The molecule has 0 spiro atoms. The Balaban J connectivity index is 1.51. The summed E-state index contributed by atoms with van der Waals surface area (Å²) in [4.78, 5) is 34.9. The van der Waals surface area contributed by atoms with Crippen LogP contribution < -0.4 is 10.2 Å². The molecule has 1 aliphatic heterocycles. The molecular formula is C17H19N7O. The second kappa shape index (κ2) is 6.46. The van der Waals surface area contributed by atoms with Gasteiger partial charge in [-0.05, 0) is 31.9 Å². The fourth-order valence-electron chi connectivity index (χ4n) is 3.22. The van der Waals surface area contributed by atoms with E-state index in [0.29, 0.717) is 18.0 Å². The minimum absolute atomic E-state index is 0.00212. The van der Waals surface area contributed by atoms with Crippen molar-refractivity contribution in [2.75, 3.05) is 23.3 Å². The number of fused-ring (bicyclic) bond motifs is 1. The second-order valence-electron chi connectivity index (χ2n) is 6.24. The van der Waals surface area contributed by atoms with Crippen LogP contribution in [0.25, 0.3) is 11.2 Å². The van der Waals surface area contributed by atoms with E-state index in [4.69, 9.17) is 0 Å². The number of rotatable bonds is 3. The lowest BCUT2D eigenvalue weighted by Gasteiger charge is -2.32. The minimum atomic E-state index is -0.107. The van der Waals surface area contributed by atoms with E-state index in [1.165, 1.54) is 6.33 Å². The molecule has 2 N–H and O–H groups in total. The predicted octanol–water partition coefficient (Wildman–Crippen LogP) is 1.91. The Morgan fingerprint density at radius 1 is 1.32 bits per heavy atom. The van der Waals surface area contributed by atoms with Crippen molar-refractivity contribution in [1.29, 1.82) is 0 Å². The van der Waals surface area contributed by atoms with Gasteiger partial charge in [-0.1, -0.05) is 6.07 Å². The van der Waals surface area contributed by atoms with Gasteiger partial charge in [0.2, 0.25) is 5.91 Å². The molecule has 1 fully saturated rings. The number of aryl methyl sites for hydroxylation is 1. The van der Waals surface area contributed by atoms with Crippen molar-refractivity contribution in [3.8, 4) is 0 Å². The van der Waals surface area contributed by atoms with E-state index in [1.54, 1.807) is 6.33 Å². The SMILES string of the molecule is Cc1cccc(NC(=O)C2CCCN(c3ncnc4nc[nH]c34)C2)n1. The fourth-order valence-corrected chi connectivity index (χ4v) is 3.22. The summed E-state index contributed by atoms with van der Waals surface area (Å²) in [5.74, 6) is 1.29. The van der Waals surface area contributed by atoms with Crippen LogP contribution in [-0.2, 0) is 4.79 Å². The van der Waals surface area contributed by atoms with Crippen molar-refractivity contribution in [2.45, 2.75) is 19.8 Å². The number of hydrogen-bond acceptors (Lipinski definition) is 6. The molecule has 3 aromatic heterocycles. The Labute approximate surface area is 144 Å². The van der Waals surface area contributed by atoms with Crippen molar-refractivity contribution in [3.63, 3.8) is 0 Å². The number of imidazole rings is 1. The summed E-state index contributed by atoms with van der Waals surface area (Å²) in [6.45, 7) is 3.38. The van der Waals surface area contributed by atoms with Crippen LogP contribution in [0.1, 0.15) is 18.5 Å². The molecule has 8 heteroatoms. The summed E-state index contributed by atoms with van der Waals surface area (Å²) in [5.41, 5.74) is 2.33. The second-order valence-corrected chi connectivity index (χ2v) is 6.24. The molecule has 0 aromatic carbocycles. The third-order valence-electron chi connectivity index (χ3n) is 4.43. The molecule has 0 aliphatic carbocycles. The van der Waals surface area contributed by atoms with Crippen molar-refractivity contribution in [2.24, 2.45) is 5.92 Å². The zero-order valence-electron chi connectivity index (χ0n) is 13.9. The molecule has 8 nitrogen and oxygen atoms in total. The first-order valence-corrected chi connectivity index (χ1v) is 8.34. The van der Waals surface area contributed by atoms with Gasteiger partial charge in [-0.3, -0.25) is 4.79 Å².